The molecule has 3 unspecified atom stereocenters. The summed E-state index contributed by atoms with van der Waals surface area (Å²) in [6.45, 7) is 0.872. The molecule has 1 aliphatic heterocycles. The zero-order chi connectivity index (χ0) is 24.3. The monoisotopic (exact) mass is 465 g/mol. The van der Waals surface area contributed by atoms with Gasteiger partial charge in [0, 0.05) is 29.9 Å². The molecule has 3 atom stereocenters. The van der Waals surface area contributed by atoms with Gasteiger partial charge in [-0.15, -0.1) is 0 Å². The van der Waals surface area contributed by atoms with Gasteiger partial charge in [0.2, 0.25) is 11.8 Å². The Balaban J connectivity index is 1.76. The number of pyridine rings is 1. The van der Waals surface area contributed by atoms with Crippen molar-refractivity contribution < 1.29 is 31.9 Å². The zero-order valence-corrected chi connectivity index (χ0v) is 17.3. The van der Waals surface area contributed by atoms with Gasteiger partial charge in [0.25, 0.3) is 0 Å². The highest BCUT2D eigenvalue weighted by Gasteiger charge is 2.42. The molecule has 0 saturated carbocycles. The number of halogens is 4. The number of hydrogen-bond acceptors (Lipinski definition) is 5. The summed E-state index contributed by atoms with van der Waals surface area (Å²) >= 11 is 0. The van der Waals surface area contributed by atoms with Crippen LogP contribution in [-0.2, 0) is 14.4 Å². The van der Waals surface area contributed by atoms with Crippen LogP contribution in [-0.4, -0.2) is 52.9 Å². The highest BCUT2D eigenvalue weighted by molar-refractivity contribution is 5.92. The van der Waals surface area contributed by atoms with Crippen molar-refractivity contribution in [1.82, 2.24) is 20.5 Å². The molecule has 12 heteroatoms. The first-order chi connectivity index (χ1) is 15.5. The van der Waals surface area contributed by atoms with Crippen molar-refractivity contribution in [3.8, 4) is 6.07 Å². The van der Waals surface area contributed by atoms with Gasteiger partial charge >= 0.3 is 12.1 Å². The summed E-state index contributed by atoms with van der Waals surface area (Å²) in [6.07, 6.45) is -1.96. The molecule has 1 aliphatic rings. The van der Waals surface area contributed by atoms with Crippen LogP contribution in [0.3, 0.4) is 0 Å². The van der Waals surface area contributed by atoms with E-state index in [1.807, 2.05) is 6.07 Å². The number of benzene rings is 1. The summed E-state index contributed by atoms with van der Waals surface area (Å²) in [6, 6.07) is 3.62. The Kier molecular flexibility index (Phi) is 6.81. The number of rotatable bonds is 5. The number of nitrogens with one attached hydrogen (secondary N) is 2. The van der Waals surface area contributed by atoms with Gasteiger partial charge in [0.05, 0.1) is 12.6 Å². The molecule has 2 heterocycles. The molecular formula is C21H19F4N5O3. The number of likely N-dealkylation sites (tertiary alicyclic amines) is 1. The summed E-state index contributed by atoms with van der Waals surface area (Å²) in [7, 11) is 0. The summed E-state index contributed by atoms with van der Waals surface area (Å²) in [4.78, 5) is 41.5. The van der Waals surface area contributed by atoms with E-state index in [1.165, 1.54) is 35.9 Å². The number of nitriles is 1. The van der Waals surface area contributed by atoms with E-state index in [0.29, 0.717) is 22.8 Å². The van der Waals surface area contributed by atoms with Crippen LogP contribution < -0.4 is 10.6 Å². The van der Waals surface area contributed by atoms with Gasteiger partial charge in [0.15, 0.2) is 0 Å². The molecule has 8 nitrogen and oxygen atoms in total. The minimum Gasteiger partial charge on any atom is -0.339 e. The third-order valence-corrected chi connectivity index (χ3v) is 5.43. The maximum atomic E-state index is 13.5. The van der Waals surface area contributed by atoms with Gasteiger partial charge in [-0.1, -0.05) is 13.0 Å². The van der Waals surface area contributed by atoms with Crippen molar-refractivity contribution >= 4 is 28.5 Å². The van der Waals surface area contributed by atoms with E-state index in [-0.39, 0.29) is 12.5 Å². The van der Waals surface area contributed by atoms with Gasteiger partial charge in [0.1, 0.15) is 17.9 Å². The molecule has 2 N–H and O–H groups in total. The van der Waals surface area contributed by atoms with Crippen molar-refractivity contribution in [1.29, 1.82) is 5.26 Å². The molecule has 1 aromatic heterocycles. The first kappa shape index (κ1) is 23.9. The first-order valence-corrected chi connectivity index (χ1v) is 9.90. The van der Waals surface area contributed by atoms with E-state index < -0.39 is 48.3 Å². The van der Waals surface area contributed by atoms with E-state index >= 15 is 0 Å². The molecule has 3 amide bonds. The van der Waals surface area contributed by atoms with Gasteiger partial charge in [-0.2, -0.15) is 18.4 Å². The number of carbonyl (C=O) groups is 3. The summed E-state index contributed by atoms with van der Waals surface area (Å²) in [5.74, 6) is -4.63. The van der Waals surface area contributed by atoms with Crippen molar-refractivity contribution in [2.24, 2.45) is 5.92 Å². The Labute approximate surface area is 185 Å². The van der Waals surface area contributed by atoms with Crippen LogP contribution in [0.15, 0.2) is 30.6 Å². The fraction of sp³-hybridized carbons (Fsp3) is 0.381. The molecule has 0 bridgehead atoms. The predicted octanol–water partition coefficient (Wildman–Crippen LogP) is 1.97. The van der Waals surface area contributed by atoms with Crippen LogP contribution in [0, 0.1) is 23.1 Å². The van der Waals surface area contributed by atoms with Crippen LogP contribution >= 0.6 is 0 Å². The van der Waals surface area contributed by atoms with E-state index in [9.17, 15) is 37.2 Å². The van der Waals surface area contributed by atoms with Crippen LogP contribution in [0.4, 0.5) is 17.6 Å². The molecule has 33 heavy (non-hydrogen) atoms. The maximum Gasteiger partial charge on any atom is 0.471 e. The Morgan fingerprint density at radius 1 is 1.30 bits per heavy atom. The Bertz CT molecular complexity index is 1130. The van der Waals surface area contributed by atoms with Crippen LogP contribution in [0.5, 0.6) is 0 Å². The van der Waals surface area contributed by atoms with Gasteiger partial charge < -0.3 is 15.5 Å². The zero-order valence-electron chi connectivity index (χ0n) is 17.3. The van der Waals surface area contributed by atoms with Crippen LogP contribution in [0.1, 0.15) is 24.9 Å². The van der Waals surface area contributed by atoms with Gasteiger partial charge in [-0.3, -0.25) is 19.4 Å². The van der Waals surface area contributed by atoms with Crippen molar-refractivity contribution in [3.63, 3.8) is 0 Å². The van der Waals surface area contributed by atoms with Gasteiger partial charge in [-0.25, -0.2) is 4.39 Å². The van der Waals surface area contributed by atoms with E-state index in [4.69, 9.17) is 0 Å². The number of amides is 3. The third kappa shape index (κ3) is 5.19. The Morgan fingerprint density at radius 3 is 2.70 bits per heavy atom. The number of carbonyl (C=O) groups excluding carboxylic acids is 3. The average molecular weight is 465 g/mol. The second-order valence-electron chi connectivity index (χ2n) is 7.64. The smallest absolute Gasteiger partial charge is 0.339 e. The van der Waals surface area contributed by atoms with Gasteiger partial charge in [-0.05, 0) is 29.9 Å². The molecule has 1 saturated heterocycles. The molecule has 0 spiro atoms. The number of hydrogen-bond donors (Lipinski definition) is 2. The Hall–Kier alpha value is -3.75. The van der Waals surface area contributed by atoms with Crippen LogP contribution in [0.25, 0.3) is 10.8 Å². The molecule has 3 rings (SSSR count). The number of alkyl halides is 3. The topological polar surface area (TPSA) is 115 Å². The fourth-order valence-corrected chi connectivity index (χ4v) is 3.79. The minimum absolute atomic E-state index is 0.103. The summed E-state index contributed by atoms with van der Waals surface area (Å²) < 4.78 is 50.6. The van der Waals surface area contributed by atoms with E-state index in [1.54, 1.807) is 6.92 Å². The van der Waals surface area contributed by atoms with Crippen molar-refractivity contribution in [2.75, 3.05) is 13.1 Å². The lowest BCUT2D eigenvalue weighted by atomic mass is 9.99. The highest BCUT2D eigenvalue weighted by atomic mass is 19.4. The lowest BCUT2D eigenvalue weighted by molar-refractivity contribution is -0.174. The number of nitrogens with zero attached hydrogens (tertiary/aromatic N) is 3. The largest absolute Gasteiger partial charge is 0.471 e. The van der Waals surface area contributed by atoms with Crippen molar-refractivity contribution in [2.45, 2.75) is 31.6 Å². The maximum absolute atomic E-state index is 13.5. The summed E-state index contributed by atoms with van der Waals surface area (Å²) in [5.41, 5.74) is 0.323. The average Bonchev–Trinajstić information content (AvgIpc) is 3.15. The van der Waals surface area contributed by atoms with Crippen molar-refractivity contribution in [3.05, 3.63) is 42.0 Å². The third-order valence-electron chi connectivity index (χ3n) is 5.43. The fourth-order valence-electron chi connectivity index (χ4n) is 3.79. The minimum atomic E-state index is -5.13. The standard InChI is InChI=1S/C21H19F4N5O3/c1-11-4-5-30(17(31)10-28-20(33)21(23,24)25)18(11)19(32)29-16(7-26)15-9-27-8-12-6-13(22)2-3-14(12)15/h2-3,6,8-9,11,16,18H,4-5,10H2,1H3,(H,28,33)(H,29,32). The molecule has 0 radical (unpaired) electrons. The SMILES string of the molecule is CC1CCN(C(=O)CNC(=O)C(F)(F)F)C1C(=O)NC(C#N)c1cncc2cc(F)ccc12. The molecule has 2 aromatic rings. The Morgan fingerprint density at radius 2 is 2.03 bits per heavy atom. The van der Waals surface area contributed by atoms with Crippen LogP contribution in [0.2, 0.25) is 0 Å². The summed E-state index contributed by atoms with van der Waals surface area (Å²) in [5, 5.41) is 14.6. The molecule has 1 fully saturated rings. The molecule has 1 aromatic carbocycles. The molecule has 174 valence electrons. The molecule has 0 aliphatic carbocycles. The molecular weight excluding hydrogens is 446 g/mol. The predicted molar refractivity (Wildman–Crippen MR) is 107 cm³/mol. The van der Waals surface area contributed by atoms with E-state index in [2.05, 4.69) is 10.3 Å². The lowest BCUT2D eigenvalue weighted by Crippen LogP contribution is -2.52. The normalized spacial score (nSPS) is 19.1. The van der Waals surface area contributed by atoms with E-state index in [0.717, 1.165) is 4.90 Å². The lowest BCUT2D eigenvalue weighted by Gasteiger charge is -2.27. The second kappa shape index (κ2) is 9.40. The second-order valence-corrected chi connectivity index (χ2v) is 7.64. The highest BCUT2D eigenvalue weighted by Crippen LogP contribution is 2.27. The quantitative estimate of drug-likeness (QED) is 0.656. The number of aromatic nitrogens is 1. The number of fused-ring (bicyclic) bond motifs is 1. The first-order valence-electron chi connectivity index (χ1n) is 9.90.